The van der Waals surface area contributed by atoms with E-state index in [2.05, 4.69) is 21.9 Å². The van der Waals surface area contributed by atoms with Crippen LogP contribution in [0.15, 0.2) is 29.4 Å². The molecule has 0 aromatic heterocycles. The van der Waals surface area contributed by atoms with E-state index in [0.29, 0.717) is 11.3 Å². The van der Waals surface area contributed by atoms with Crippen LogP contribution in [-0.2, 0) is 5.60 Å². The van der Waals surface area contributed by atoms with Gasteiger partial charge < -0.3 is 5.11 Å². The monoisotopic (exact) mass is 243 g/mol. The van der Waals surface area contributed by atoms with Gasteiger partial charge >= 0.3 is 0 Å². The molecule has 0 amide bonds. The molecule has 1 aromatic carbocycles. The van der Waals surface area contributed by atoms with Gasteiger partial charge in [-0.15, -0.1) is 0 Å². The molecule has 4 heteroatoms. The molecule has 0 aliphatic rings. The van der Waals surface area contributed by atoms with Crippen LogP contribution in [0.2, 0.25) is 0 Å². The van der Waals surface area contributed by atoms with Crippen LogP contribution in [0.4, 0.5) is 5.69 Å². The summed E-state index contributed by atoms with van der Waals surface area (Å²) in [7, 11) is 0. The van der Waals surface area contributed by atoms with Crippen molar-refractivity contribution < 1.29 is 5.11 Å². The minimum absolute atomic E-state index is 0.197. The van der Waals surface area contributed by atoms with Gasteiger partial charge in [-0.25, -0.2) is 0 Å². The maximum Gasteiger partial charge on any atom is 0.148 e. The predicted octanol–water partition coefficient (Wildman–Crippen LogP) is 3.89. The third kappa shape index (κ3) is 3.81. The minimum Gasteiger partial charge on any atom is -0.374 e. The maximum absolute atomic E-state index is 10.4. The number of azide groups is 1. The fourth-order valence-electron chi connectivity index (χ4n) is 1.40. The first-order valence-corrected chi connectivity index (χ1v) is 5.67. The standard InChI is InChI=1S/C14H17N3O/c1-13(2,3)9-10-14(4,18)11-7-5-6-8-12(11)16-17-15/h5-8,18H,1-4H3. The Kier molecular flexibility index (Phi) is 4.03. The van der Waals surface area contributed by atoms with Gasteiger partial charge in [-0.05, 0) is 33.2 Å². The molecular formula is C14H17N3O. The average molecular weight is 243 g/mol. The Balaban J connectivity index is 3.27. The number of nitrogens with zero attached hydrogens (tertiary/aromatic N) is 3. The lowest BCUT2D eigenvalue weighted by atomic mass is 9.91. The first kappa shape index (κ1) is 14.1. The molecule has 1 rings (SSSR count). The molecule has 0 radical (unpaired) electrons. The number of aliphatic hydroxyl groups is 1. The summed E-state index contributed by atoms with van der Waals surface area (Å²) in [6, 6.07) is 6.89. The van der Waals surface area contributed by atoms with Gasteiger partial charge in [0.2, 0.25) is 0 Å². The third-order valence-corrected chi connectivity index (χ3v) is 2.26. The molecule has 0 saturated heterocycles. The molecule has 0 heterocycles. The van der Waals surface area contributed by atoms with Crippen LogP contribution in [0.3, 0.4) is 0 Å². The summed E-state index contributed by atoms with van der Waals surface area (Å²) in [5.41, 5.74) is 7.89. The first-order valence-electron chi connectivity index (χ1n) is 5.67. The molecular weight excluding hydrogens is 226 g/mol. The Hall–Kier alpha value is -1.95. The second kappa shape index (κ2) is 5.14. The lowest BCUT2D eigenvalue weighted by Gasteiger charge is -2.20. The highest BCUT2D eigenvalue weighted by Crippen LogP contribution is 2.30. The van der Waals surface area contributed by atoms with Crippen LogP contribution in [0.1, 0.15) is 33.3 Å². The smallest absolute Gasteiger partial charge is 0.148 e. The number of hydrogen-bond donors (Lipinski definition) is 1. The summed E-state index contributed by atoms with van der Waals surface area (Å²) in [6.07, 6.45) is 0. The Morgan fingerprint density at radius 3 is 2.33 bits per heavy atom. The van der Waals surface area contributed by atoms with E-state index in [-0.39, 0.29) is 5.41 Å². The molecule has 1 unspecified atom stereocenters. The normalized spacial score (nSPS) is 13.8. The second-order valence-corrected chi connectivity index (χ2v) is 5.28. The summed E-state index contributed by atoms with van der Waals surface area (Å²) in [6.45, 7) is 7.50. The second-order valence-electron chi connectivity index (χ2n) is 5.28. The van der Waals surface area contributed by atoms with Crippen LogP contribution < -0.4 is 0 Å². The average Bonchev–Trinajstić information content (AvgIpc) is 2.27. The summed E-state index contributed by atoms with van der Waals surface area (Å²) in [4.78, 5) is 2.75. The van der Waals surface area contributed by atoms with Crippen LogP contribution in [0.25, 0.3) is 10.4 Å². The molecule has 0 aliphatic heterocycles. The summed E-state index contributed by atoms with van der Waals surface area (Å²) in [5, 5.41) is 14.0. The van der Waals surface area contributed by atoms with Crippen molar-refractivity contribution in [2.24, 2.45) is 10.5 Å². The Labute approximate surface area is 107 Å². The van der Waals surface area contributed by atoms with Gasteiger partial charge in [0.25, 0.3) is 0 Å². The largest absolute Gasteiger partial charge is 0.374 e. The van der Waals surface area contributed by atoms with Crippen molar-refractivity contribution in [1.82, 2.24) is 0 Å². The summed E-state index contributed by atoms with van der Waals surface area (Å²) >= 11 is 0. The van der Waals surface area contributed by atoms with Crippen molar-refractivity contribution in [2.75, 3.05) is 0 Å². The van der Waals surface area contributed by atoms with Crippen LogP contribution in [-0.4, -0.2) is 5.11 Å². The molecule has 1 atom stereocenters. The number of benzene rings is 1. The molecule has 1 aromatic rings. The number of rotatable bonds is 2. The van der Waals surface area contributed by atoms with E-state index in [4.69, 9.17) is 5.53 Å². The van der Waals surface area contributed by atoms with E-state index >= 15 is 0 Å². The van der Waals surface area contributed by atoms with E-state index in [0.717, 1.165) is 0 Å². The van der Waals surface area contributed by atoms with E-state index < -0.39 is 5.60 Å². The third-order valence-electron chi connectivity index (χ3n) is 2.26. The summed E-state index contributed by atoms with van der Waals surface area (Å²) in [5.74, 6) is 5.83. The first-order chi connectivity index (χ1) is 8.26. The van der Waals surface area contributed by atoms with Gasteiger partial charge in [0.1, 0.15) is 5.60 Å². The molecule has 0 fully saturated rings. The van der Waals surface area contributed by atoms with Crippen LogP contribution >= 0.6 is 0 Å². The predicted molar refractivity (Wildman–Crippen MR) is 72.0 cm³/mol. The van der Waals surface area contributed by atoms with Gasteiger partial charge in [0, 0.05) is 21.6 Å². The van der Waals surface area contributed by atoms with Crippen LogP contribution in [0, 0.1) is 17.3 Å². The maximum atomic E-state index is 10.4. The topological polar surface area (TPSA) is 69.0 Å². The Morgan fingerprint density at radius 1 is 1.17 bits per heavy atom. The minimum atomic E-state index is -1.34. The highest BCUT2D eigenvalue weighted by atomic mass is 16.3. The zero-order valence-corrected chi connectivity index (χ0v) is 11.1. The van der Waals surface area contributed by atoms with E-state index in [1.807, 2.05) is 20.8 Å². The van der Waals surface area contributed by atoms with Crippen LogP contribution in [0.5, 0.6) is 0 Å². The molecule has 0 saturated carbocycles. The van der Waals surface area contributed by atoms with Gasteiger partial charge in [0.15, 0.2) is 0 Å². The van der Waals surface area contributed by atoms with Gasteiger partial charge in [-0.2, -0.15) is 0 Å². The van der Waals surface area contributed by atoms with E-state index in [1.165, 1.54) is 0 Å². The molecule has 0 spiro atoms. The lowest BCUT2D eigenvalue weighted by molar-refractivity contribution is 0.122. The van der Waals surface area contributed by atoms with E-state index in [1.54, 1.807) is 31.2 Å². The molecule has 94 valence electrons. The van der Waals surface area contributed by atoms with Crippen molar-refractivity contribution in [2.45, 2.75) is 33.3 Å². The van der Waals surface area contributed by atoms with Gasteiger partial charge in [-0.3, -0.25) is 0 Å². The van der Waals surface area contributed by atoms with Gasteiger partial charge in [0.05, 0.1) is 0 Å². The van der Waals surface area contributed by atoms with Gasteiger partial charge in [-0.1, -0.05) is 41.2 Å². The number of hydrogen-bond acceptors (Lipinski definition) is 2. The van der Waals surface area contributed by atoms with Crippen molar-refractivity contribution in [3.63, 3.8) is 0 Å². The lowest BCUT2D eigenvalue weighted by Crippen LogP contribution is -2.19. The zero-order valence-electron chi connectivity index (χ0n) is 11.1. The molecule has 0 bridgehead atoms. The van der Waals surface area contributed by atoms with Crippen molar-refractivity contribution >= 4 is 5.69 Å². The Bertz CT molecular complexity index is 538. The van der Waals surface area contributed by atoms with Crippen molar-refractivity contribution in [3.8, 4) is 11.8 Å². The van der Waals surface area contributed by atoms with E-state index in [9.17, 15) is 5.11 Å². The fraction of sp³-hybridized carbons (Fsp3) is 0.429. The molecule has 4 nitrogen and oxygen atoms in total. The molecule has 18 heavy (non-hydrogen) atoms. The zero-order chi connectivity index (χ0) is 13.8. The highest BCUT2D eigenvalue weighted by molar-refractivity contribution is 5.51. The fourth-order valence-corrected chi connectivity index (χ4v) is 1.40. The van der Waals surface area contributed by atoms with Crippen molar-refractivity contribution in [3.05, 3.63) is 40.3 Å². The Morgan fingerprint density at radius 2 is 1.78 bits per heavy atom. The molecule has 1 N–H and O–H groups in total. The highest BCUT2D eigenvalue weighted by Gasteiger charge is 2.23. The molecule has 0 aliphatic carbocycles. The quantitative estimate of drug-likeness (QED) is 0.364. The van der Waals surface area contributed by atoms with Crippen molar-refractivity contribution in [1.29, 1.82) is 0 Å². The summed E-state index contributed by atoms with van der Waals surface area (Å²) < 4.78 is 0. The SMILES string of the molecule is CC(C)(C)C#CC(C)(O)c1ccccc1N=[N+]=[N-].